The maximum atomic E-state index is 11.0. The highest BCUT2D eigenvalue weighted by Crippen LogP contribution is 2.40. The predicted molar refractivity (Wildman–Crippen MR) is 58.1 cm³/mol. The summed E-state index contributed by atoms with van der Waals surface area (Å²) >= 11 is 8.69. The Morgan fingerprint density at radius 1 is 1.53 bits per heavy atom. The number of alkyl halides is 1. The van der Waals surface area contributed by atoms with E-state index in [1.807, 2.05) is 0 Å². The summed E-state index contributed by atoms with van der Waals surface area (Å²) in [6, 6.07) is 0. The molecule has 0 spiro atoms. The third-order valence-electron chi connectivity index (χ3n) is 2.31. The summed E-state index contributed by atoms with van der Waals surface area (Å²) in [5.74, 6) is -3.03. The van der Waals surface area contributed by atoms with Crippen LogP contribution in [0.4, 0.5) is 0 Å². The van der Waals surface area contributed by atoms with Gasteiger partial charge in [-0.3, -0.25) is 4.79 Å². The standard InChI is InChI=1S/C9H8BrClO4/c1-4-6(7(12)13)2-5(11)3-9(4,10)8(14)15/h2-4H,1H3,(H,12,13)(H,14,15). The average Bonchev–Trinajstić information content (AvgIpc) is 2.10. The van der Waals surface area contributed by atoms with E-state index in [4.69, 9.17) is 21.8 Å². The first-order valence-electron chi connectivity index (χ1n) is 4.04. The molecule has 0 amide bonds. The molecule has 2 unspecified atom stereocenters. The Hall–Kier alpha value is -0.810. The lowest BCUT2D eigenvalue weighted by atomic mass is 9.83. The molecule has 2 atom stereocenters. The summed E-state index contributed by atoms with van der Waals surface area (Å²) in [7, 11) is 0. The van der Waals surface area contributed by atoms with Crippen molar-refractivity contribution in [3.05, 3.63) is 22.8 Å². The van der Waals surface area contributed by atoms with Crippen molar-refractivity contribution in [3.8, 4) is 0 Å². The number of carboxylic acid groups (broad SMARTS) is 2. The second-order valence-electron chi connectivity index (χ2n) is 3.23. The van der Waals surface area contributed by atoms with Gasteiger partial charge >= 0.3 is 11.9 Å². The van der Waals surface area contributed by atoms with E-state index in [-0.39, 0.29) is 10.6 Å². The Labute approximate surface area is 99.4 Å². The van der Waals surface area contributed by atoms with Gasteiger partial charge in [-0.2, -0.15) is 0 Å². The topological polar surface area (TPSA) is 74.6 Å². The highest BCUT2D eigenvalue weighted by molar-refractivity contribution is 9.10. The van der Waals surface area contributed by atoms with Crippen LogP contribution in [0, 0.1) is 5.92 Å². The van der Waals surface area contributed by atoms with Gasteiger partial charge in [-0.05, 0) is 12.2 Å². The number of rotatable bonds is 2. The number of aliphatic carboxylic acids is 2. The molecule has 1 aliphatic rings. The SMILES string of the molecule is CC1C(C(=O)O)=CC(Cl)=CC1(Br)C(=O)O. The lowest BCUT2D eigenvalue weighted by molar-refractivity contribution is -0.139. The van der Waals surface area contributed by atoms with E-state index in [0.29, 0.717) is 0 Å². The first-order chi connectivity index (χ1) is 6.79. The molecule has 6 heteroatoms. The summed E-state index contributed by atoms with van der Waals surface area (Å²) in [6.45, 7) is 1.52. The molecule has 0 bridgehead atoms. The van der Waals surface area contributed by atoms with Crippen molar-refractivity contribution in [3.63, 3.8) is 0 Å². The minimum Gasteiger partial charge on any atom is -0.480 e. The molecule has 1 aliphatic carbocycles. The molecular formula is C9H8BrClO4. The third-order valence-corrected chi connectivity index (χ3v) is 3.79. The molecule has 0 aromatic rings. The van der Waals surface area contributed by atoms with Crippen LogP contribution in [-0.2, 0) is 9.59 Å². The van der Waals surface area contributed by atoms with E-state index in [9.17, 15) is 9.59 Å². The van der Waals surface area contributed by atoms with Gasteiger partial charge in [0.2, 0.25) is 0 Å². The van der Waals surface area contributed by atoms with E-state index in [1.165, 1.54) is 19.1 Å². The van der Waals surface area contributed by atoms with Crippen molar-refractivity contribution < 1.29 is 19.8 Å². The molecule has 0 aromatic heterocycles. The van der Waals surface area contributed by atoms with Crippen LogP contribution in [0.3, 0.4) is 0 Å². The molecule has 2 N–H and O–H groups in total. The predicted octanol–water partition coefficient (Wildman–Crippen LogP) is 1.99. The van der Waals surface area contributed by atoms with Crippen LogP contribution >= 0.6 is 27.5 Å². The molecule has 82 valence electrons. The van der Waals surface area contributed by atoms with Gasteiger partial charge in [0.15, 0.2) is 0 Å². The Morgan fingerprint density at radius 3 is 2.47 bits per heavy atom. The molecule has 15 heavy (non-hydrogen) atoms. The van der Waals surface area contributed by atoms with E-state index >= 15 is 0 Å². The second kappa shape index (κ2) is 3.98. The number of halogens is 2. The van der Waals surface area contributed by atoms with Gasteiger partial charge in [0.05, 0.1) is 0 Å². The van der Waals surface area contributed by atoms with Crippen molar-refractivity contribution >= 4 is 39.5 Å². The summed E-state index contributed by atoms with van der Waals surface area (Å²) in [5, 5.41) is 18.0. The summed E-state index contributed by atoms with van der Waals surface area (Å²) in [5.41, 5.74) is -0.0261. The summed E-state index contributed by atoms with van der Waals surface area (Å²) < 4.78 is -1.45. The molecule has 4 nitrogen and oxygen atoms in total. The van der Waals surface area contributed by atoms with E-state index in [1.54, 1.807) is 0 Å². The minimum absolute atomic E-state index is 0.0261. The maximum absolute atomic E-state index is 11.0. The van der Waals surface area contributed by atoms with Crippen molar-refractivity contribution in [2.75, 3.05) is 0 Å². The fraction of sp³-hybridized carbons (Fsp3) is 0.333. The zero-order valence-corrected chi connectivity index (χ0v) is 10.0. The average molecular weight is 296 g/mol. The smallest absolute Gasteiger partial charge is 0.331 e. The van der Waals surface area contributed by atoms with Crippen LogP contribution in [0.25, 0.3) is 0 Å². The van der Waals surface area contributed by atoms with Crippen molar-refractivity contribution in [1.29, 1.82) is 0 Å². The minimum atomic E-state index is -1.45. The fourth-order valence-electron chi connectivity index (χ4n) is 1.36. The summed E-state index contributed by atoms with van der Waals surface area (Å²) in [4.78, 5) is 21.9. The van der Waals surface area contributed by atoms with Crippen LogP contribution < -0.4 is 0 Å². The first-order valence-corrected chi connectivity index (χ1v) is 5.21. The molecular weight excluding hydrogens is 287 g/mol. The fourth-order valence-corrected chi connectivity index (χ4v) is 2.28. The van der Waals surface area contributed by atoms with E-state index in [2.05, 4.69) is 15.9 Å². The Bertz CT molecular complexity index is 388. The first kappa shape index (κ1) is 12.3. The lowest BCUT2D eigenvalue weighted by Crippen LogP contribution is -2.40. The molecule has 0 fully saturated rings. The van der Waals surface area contributed by atoms with Crippen LogP contribution in [0.5, 0.6) is 0 Å². The zero-order valence-electron chi connectivity index (χ0n) is 7.70. The Balaban J connectivity index is 3.26. The molecule has 0 saturated carbocycles. The number of carbonyl (C=O) groups is 2. The van der Waals surface area contributed by atoms with Crippen LogP contribution in [0.1, 0.15) is 6.92 Å². The van der Waals surface area contributed by atoms with Gasteiger partial charge in [-0.15, -0.1) is 0 Å². The van der Waals surface area contributed by atoms with Crippen LogP contribution in [0.15, 0.2) is 22.8 Å². The molecule has 0 radical (unpaired) electrons. The maximum Gasteiger partial charge on any atom is 0.331 e. The lowest BCUT2D eigenvalue weighted by Gasteiger charge is -2.30. The molecule has 0 heterocycles. The quantitative estimate of drug-likeness (QED) is 0.764. The van der Waals surface area contributed by atoms with E-state index < -0.39 is 22.2 Å². The summed E-state index contributed by atoms with van der Waals surface area (Å²) in [6.07, 6.45) is 2.55. The monoisotopic (exact) mass is 294 g/mol. The Kier molecular flexibility index (Phi) is 3.25. The molecule has 0 saturated heterocycles. The number of allylic oxidation sites excluding steroid dienone is 2. The van der Waals surface area contributed by atoms with Crippen molar-refractivity contribution in [1.82, 2.24) is 0 Å². The number of carboxylic acids is 2. The third kappa shape index (κ3) is 2.08. The zero-order chi connectivity index (χ0) is 11.8. The highest BCUT2D eigenvalue weighted by Gasteiger charge is 2.45. The van der Waals surface area contributed by atoms with Crippen molar-refractivity contribution in [2.45, 2.75) is 11.2 Å². The highest BCUT2D eigenvalue weighted by atomic mass is 79.9. The van der Waals surface area contributed by atoms with Crippen molar-refractivity contribution in [2.24, 2.45) is 5.92 Å². The molecule has 1 rings (SSSR count). The van der Waals surface area contributed by atoms with Gasteiger partial charge in [-0.1, -0.05) is 34.5 Å². The second-order valence-corrected chi connectivity index (χ2v) is 4.98. The van der Waals surface area contributed by atoms with Crippen LogP contribution in [-0.4, -0.2) is 26.5 Å². The van der Waals surface area contributed by atoms with Gasteiger partial charge in [-0.25, -0.2) is 4.79 Å². The van der Waals surface area contributed by atoms with E-state index in [0.717, 1.165) is 0 Å². The van der Waals surface area contributed by atoms with Gasteiger partial charge in [0.25, 0.3) is 0 Å². The number of hydrogen-bond donors (Lipinski definition) is 2. The number of hydrogen-bond acceptors (Lipinski definition) is 2. The molecule has 0 aromatic carbocycles. The van der Waals surface area contributed by atoms with Crippen LogP contribution in [0.2, 0.25) is 0 Å². The van der Waals surface area contributed by atoms with Gasteiger partial charge in [0.1, 0.15) is 4.32 Å². The normalized spacial score (nSPS) is 30.5. The van der Waals surface area contributed by atoms with Gasteiger partial charge in [0, 0.05) is 16.5 Å². The molecule has 0 aliphatic heterocycles. The largest absolute Gasteiger partial charge is 0.480 e. The van der Waals surface area contributed by atoms with Gasteiger partial charge < -0.3 is 10.2 Å². The Morgan fingerprint density at radius 2 is 2.07 bits per heavy atom.